The first-order valence-electron chi connectivity index (χ1n) is 4.99. The van der Waals surface area contributed by atoms with Crippen molar-refractivity contribution in [2.75, 3.05) is 0 Å². The Morgan fingerprint density at radius 1 is 1.35 bits per heavy atom. The normalized spacial score (nSPS) is 11.8. The van der Waals surface area contributed by atoms with Crippen LogP contribution in [0, 0.1) is 0 Å². The number of halogens is 1. The maximum absolute atomic E-state index is 11.7. The van der Waals surface area contributed by atoms with Crippen LogP contribution >= 0.6 is 11.6 Å². The van der Waals surface area contributed by atoms with E-state index >= 15 is 0 Å². The van der Waals surface area contributed by atoms with Crippen LogP contribution in [0.15, 0.2) is 45.6 Å². The van der Waals surface area contributed by atoms with Crippen molar-refractivity contribution in [3.63, 3.8) is 0 Å². The van der Waals surface area contributed by atoms with E-state index in [2.05, 4.69) is 0 Å². The molecule has 0 atom stereocenters. The van der Waals surface area contributed by atoms with E-state index in [1.165, 1.54) is 6.08 Å². The van der Waals surface area contributed by atoms with Gasteiger partial charge in [0, 0.05) is 11.5 Å². The van der Waals surface area contributed by atoms with Crippen LogP contribution in [-0.2, 0) is 4.79 Å². The summed E-state index contributed by atoms with van der Waals surface area (Å²) in [7, 11) is 0. The van der Waals surface area contributed by atoms with Crippen molar-refractivity contribution >= 4 is 33.4 Å². The molecular weight excluding hydrogens is 240 g/mol. The van der Waals surface area contributed by atoms with Gasteiger partial charge >= 0.3 is 5.63 Å². The number of allylic oxidation sites excluding steroid dienone is 2. The molecule has 2 rings (SSSR count). The van der Waals surface area contributed by atoms with E-state index < -0.39 is 10.9 Å². The molecule has 17 heavy (non-hydrogen) atoms. The van der Waals surface area contributed by atoms with Crippen LogP contribution in [-0.4, -0.2) is 5.24 Å². The Kier molecular flexibility index (Phi) is 3.11. The Balaban J connectivity index is 2.67. The van der Waals surface area contributed by atoms with E-state index in [4.69, 9.17) is 16.0 Å². The Morgan fingerprint density at radius 3 is 2.76 bits per heavy atom. The summed E-state index contributed by atoms with van der Waals surface area (Å²) in [5, 5.41) is 0.187. The summed E-state index contributed by atoms with van der Waals surface area (Å²) in [6.07, 6.45) is 1.20. The second-order valence-corrected chi connectivity index (χ2v) is 3.99. The van der Waals surface area contributed by atoms with Gasteiger partial charge in [0.15, 0.2) is 0 Å². The van der Waals surface area contributed by atoms with Crippen molar-refractivity contribution < 1.29 is 9.21 Å². The first-order chi connectivity index (χ1) is 8.08. The van der Waals surface area contributed by atoms with Crippen molar-refractivity contribution in [1.82, 2.24) is 0 Å². The lowest BCUT2D eigenvalue weighted by atomic mass is 10.1. The van der Waals surface area contributed by atoms with Crippen LogP contribution in [0.5, 0.6) is 0 Å². The Bertz CT molecular complexity index is 668. The van der Waals surface area contributed by atoms with Gasteiger partial charge in [-0.15, -0.1) is 0 Å². The minimum atomic E-state index is -0.616. The zero-order valence-electron chi connectivity index (χ0n) is 9.07. The maximum Gasteiger partial charge on any atom is 0.343 e. The summed E-state index contributed by atoms with van der Waals surface area (Å²) in [6, 6.07) is 8.87. The minimum Gasteiger partial charge on any atom is -0.422 e. The van der Waals surface area contributed by atoms with Crippen LogP contribution in [0.1, 0.15) is 12.5 Å². The van der Waals surface area contributed by atoms with Gasteiger partial charge in [-0.3, -0.25) is 4.79 Å². The lowest BCUT2D eigenvalue weighted by molar-refractivity contribution is -0.107. The van der Waals surface area contributed by atoms with Crippen LogP contribution < -0.4 is 5.63 Å². The molecule has 2 aromatic rings. The average molecular weight is 249 g/mol. The van der Waals surface area contributed by atoms with Crippen molar-refractivity contribution in [3.8, 4) is 0 Å². The molecule has 4 heteroatoms. The van der Waals surface area contributed by atoms with E-state index in [0.717, 1.165) is 5.39 Å². The van der Waals surface area contributed by atoms with E-state index in [-0.39, 0.29) is 0 Å². The highest BCUT2D eigenvalue weighted by atomic mass is 35.5. The molecule has 0 bridgehead atoms. The van der Waals surface area contributed by atoms with Crippen LogP contribution in [0.2, 0.25) is 0 Å². The molecule has 1 aromatic heterocycles. The van der Waals surface area contributed by atoms with E-state index in [9.17, 15) is 9.59 Å². The first kappa shape index (κ1) is 11.6. The van der Waals surface area contributed by atoms with Gasteiger partial charge in [0.1, 0.15) is 5.58 Å². The number of carbonyl (C=O) groups excluding carboxylic acids is 1. The zero-order valence-corrected chi connectivity index (χ0v) is 9.82. The highest BCUT2D eigenvalue weighted by Crippen LogP contribution is 2.17. The summed E-state index contributed by atoms with van der Waals surface area (Å²) in [6.45, 7) is 1.64. The number of carbonyl (C=O) groups is 1. The van der Waals surface area contributed by atoms with Crippen LogP contribution in [0.4, 0.5) is 0 Å². The molecule has 0 saturated carbocycles. The van der Waals surface area contributed by atoms with E-state index in [1.54, 1.807) is 25.1 Å². The molecule has 0 radical (unpaired) electrons. The third-order valence-electron chi connectivity index (χ3n) is 2.40. The number of rotatable bonds is 2. The molecule has 0 spiro atoms. The Labute approximate surface area is 102 Å². The summed E-state index contributed by atoms with van der Waals surface area (Å²) in [5.74, 6) is 0. The molecule has 0 aliphatic heterocycles. The number of para-hydroxylation sites is 1. The highest BCUT2D eigenvalue weighted by Gasteiger charge is 2.07. The van der Waals surface area contributed by atoms with Gasteiger partial charge in [0.2, 0.25) is 5.24 Å². The quantitative estimate of drug-likeness (QED) is 0.466. The second kappa shape index (κ2) is 4.55. The van der Waals surface area contributed by atoms with Crippen molar-refractivity contribution in [2.24, 2.45) is 0 Å². The number of fused-ring (bicyclic) bond motifs is 1. The summed E-state index contributed by atoms with van der Waals surface area (Å²) >= 11 is 5.25. The Hall–Kier alpha value is -1.87. The summed E-state index contributed by atoms with van der Waals surface area (Å²) < 4.78 is 5.14. The monoisotopic (exact) mass is 248 g/mol. The lowest BCUT2D eigenvalue weighted by Gasteiger charge is -2.01. The van der Waals surface area contributed by atoms with E-state index in [0.29, 0.717) is 16.7 Å². The molecule has 0 N–H and O–H groups in total. The molecule has 0 unspecified atom stereocenters. The van der Waals surface area contributed by atoms with Crippen LogP contribution in [0.25, 0.3) is 16.5 Å². The van der Waals surface area contributed by atoms with Gasteiger partial charge < -0.3 is 4.42 Å². The molecule has 0 amide bonds. The fraction of sp³-hybridized carbons (Fsp3) is 0.0769. The van der Waals surface area contributed by atoms with Gasteiger partial charge in [-0.2, -0.15) is 0 Å². The molecule has 86 valence electrons. The standard InChI is InChI=1S/C13H9ClO3/c1-8(6-12(14)15)10-7-9-4-2-3-5-11(9)17-13(10)16/h2-7H,1H3. The number of hydrogen-bond donors (Lipinski definition) is 0. The van der Waals surface area contributed by atoms with Crippen LogP contribution in [0.3, 0.4) is 0 Å². The zero-order chi connectivity index (χ0) is 12.4. The fourth-order valence-electron chi connectivity index (χ4n) is 1.58. The third kappa shape index (κ3) is 2.45. The predicted octanol–water partition coefficient (Wildman–Crippen LogP) is 2.96. The average Bonchev–Trinajstić information content (AvgIpc) is 2.27. The van der Waals surface area contributed by atoms with Crippen molar-refractivity contribution in [1.29, 1.82) is 0 Å². The molecule has 1 heterocycles. The van der Waals surface area contributed by atoms with Gasteiger partial charge in [0.25, 0.3) is 0 Å². The molecule has 0 aliphatic carbocycles. The predicted molar refractivity (Wildman–Crippen MR) is 67.0 cm³/mol. The highest BCUT2D eigenvalue weighted by molar-refractivity contribution is 6.67. The maximum atomic E-state index is 11.7. The topological polar surface area (TPSA) is 47.3 Å². The van der Waals surface area contributed by atoms with Gasteiger partial charge in [-0.05, 0) is 36.2 Å². The smallest absolute Gasteiger partial charge is 0.343 e. The SMILES string of the molecule is CC(=CC(=O)Cl)c1cc2ccccc2oc1=O. The van der Waals surface area contributed by atoms with E-state index in [1.807, 2.05) is 12.1 Å². The summed E-state index contributed by atoms with van der Waals surface area (Å²) in [5.41, 5.74) is 0.879. The fourth-order valence-corrected chi connectivity index (χ4v) is 1.75. The molecule has 0 fully saturated rings. The Morgan fingerprint density at radius 2 is 2.06 bits per heavy atom. The first-order valence-corrected chi connectivity index (χ1v) is 5.37. The van der Waals surface area contributed by atoms with Gasteiger partial charge in [-0.1, -0.05) is 18.2 Å². The molecule has 1 aromatic carbocycles. The summed E-state index contributed by atoms with van der Waals surface area (Å²) in [4.78, 5) is 22.5. The minimum absolute atomic E-state index is 0.345. The molecule has 0 saturated heterocycles. The second-order valence-electron chi connectivity index (χ2n) is 3.62. The molecule has 3 nitrogen and oxygen atoms in total. The van der Waals surface area contributed by atoms with Gasteiger partial charge in [0.05, 0.1) is 5.56 Å². The van der Waals surface area contributed by atoms with Crippen molar-refractivity contribution in [2.45, 2.75) is 6.92 Å². The number of hydrogen-bond acceptors (Lipinski definition) is 3. The third-order valence-corrected chi connectivity index (χ3v) is 2.51. The molecule has 0 aliphatic rings. The lowest BCUT2D eigenvalue weighted by Crippen LogP contribution is -2.05. The molecular formula is C13H9ClO3. The van der Waals surface area contributed by atoms with Crippen molar-refractivity contribution in [3.05, 3.63) is 52.4 Å². The largest absolute Gasteiger partial charge is 0.422 e. The number of benzene rings is 1. The van der Waals surface area contributed by atoms with Gasteiger partial charge in [-0.25, -0.2) is 4.79 Å².